The van der Waals surface area contributed by atoms with E-state index in [9.17, 15) is 23.9 Å². The van der Waals surface area contributed by atoms with Crippen LogP contribution in [0.15, 0.2) is 24.3 Å². The Balaban J connectivity index is 2.12. The molecule has 7 heteroatoms. The first-order chi connectivity index (χ1) is 12.4. The minimum atomic E-state index is -1.09. The molecule has 1 aliphatic rings. The standard InChI is InChI=1S/C19H25FN2O4/c1-12(23)21-16(11-14-9-5-6-10-15(14)20)18(24)22-17(19(25)26)13-7-3-2-4-8-13/h5-6,9-10,13,16-17H,2-4,7-8,11H2,1H3,(H,21,23)(H,22,24)(H,25,26)/t16-,17-/m0/s1. The van der Waals surface area contributed by atoms with E-state index in [1.165, 1.54) is 25.1 Å². The second kappa shape index (κ2) is 9.31. The molecule has 1 saturated carbocycles. The van der Waals surface area contributed by atoms with Gasteiger partial charge in [0.25, 0.3) is 0 Å². The maximum absolute atomic E-state index is 13.9. The molecule has 6 nitrogen and oxygen atoms in total. The summed E-state index contributed by atoms with van der Waals surface area (Å²) in [4.78, 5) is 35.7. The van der Waals surface area contributed by atoms with E-state index in [4.69, 9.17) is 0 Å². The Bertz CT molecular complexity index is 659. The Morgan fingerprint density at radius 2 is 1.81 bits per heavy atom. The van der Waals surface area contributed by atoms with Crippen LogP contribution in [0.3, 0.4) is 0 Å². The number of aliphatic carboxylic acids is 1. The highest BCUT2D eigenvalue weighted by molar-refractivity contribution is 5.90. The van der Waals surface area contributed by atoms with Crippen LogP contribution in [0.4, 0.5) is 4.39 Å². The van der Waals surface area contributed by atoms with Crippen molar-refractivity contribution in [2.75, 3.05) is 0 Å². The van der Waals surface area contributed by atoms with Crippen molar-refractivity contribution in [1.29, 1.82) is 0 Å². The van der Waals surface area contributed by atoms with Crippen LogP contribution in [0.5, 0.6) is 0 Å². The van der Waals surface area contributed by atoms with Crippen molar-refractivity contribution in [3.05, 3.63) is 35.6 Å². The lowest BCUT2D eigenvalue weighted by molar-refractivity contribution is -0.144. The van der Waals surface area contributed by atoms with E-state index < -0.39 is 35.7 Å². The van der Waals surface area contributed by atoms with Gasteiger partial charge in [-0.1, -0.05) is 37.5 Å². The molecule has 0 aromatic heterocycles. The minimum absolute atomic E-state index is 0.0465. The second-order valence-electron chi connectivity index (χ2n) is 6.77. The number of rotatable bonds is 7. The highest BCUT2D eigenvalue weighted by Crippen LogP contribution is 2.26. The molecule has 1 aliphatic carbocycles. The molecule has 0 spiro atoms. The molecule has 142 valence electrons. The van der Waals surface area contributed by atoms with Crippen LogP contribution in [-0.2, 0) is 20.8 Å². The number of hydrogen-bond donors (Lipinski definition) is 3. The molecule has 2 rings (SSSR count). The van der Waals surface area contributed by atoms with Gasteiger partial charge >= 0.3 is 5.97 Å². The number of benzene rings is 1. The van der Waals surface area contributed by atoms with Crippen molar-refractivity contribution >= 4 is 17.8 Å². The zero-order valence-corrected chi connectivity index (χ0v) is 14.8. The first-order valence-electron chi connectivity index (χ1n) is 8.92. The molecule has 0 radical (unpaired) electrons. The number of hydrogen-bond acceptors (Lipinski definition) is 3. The predicted molar refractivity (Wildman–Crippen MR) is 93.9 cm³/mol. The number of amides is 2. The molecule has 0 heterocycles. The molecule has 1 fully saturated rings. The molecule has 2 atom stereocenters. The second-order valence-corrected chi connectivity index (χ2v) is 6.77. The van der Waals surface area contributed by atoms with Gasteiger partial charge in [0.1, 0.15) is 17.9 Å². The summed E-state index contributed by atoms with van der Waals surface area (Å²) in [7, 11) is 0. The van der Waals surface area contributed by atoms with Crippen molar-refractivity contribution < 1.29 is 23.9 Å². The van der Waals surface area contributed by atoms with Crippen LogP contribution >= 0.6 is 0 Å². The largest absolute Gasteiger partial charge is 0.480 e. The first-order valence-corrected chi connectivity index (χ1v) is 8.92. The van der Waals surface area contributed by atoms with Crippen molar-refractivity contribution in [3.63, 3.8) is 0 Å². The van der Waals surface area contributed by atoms with Gasteiger partial charge < -0.3 is 15.7 Å². The number of carbonyl (C=O) groups is 3. The summed E-state index contributed by atoms with van der Waals surface area (Å²) in [5, 5.41) is 14.6. The van der Waals surface area contributed by atoms with Gasteiger partial charge in [0.15, 0.2) is 0 Å². The third-order valence-electron chi connectivity index (χ3n) is 4.76. The lowest BCUT2D eigenvalue weighted by Crippen LogP contribution is -2.54. The summed E-state index contributed by atoms with van der Waals surface area (Å²) < 4.78 is 13.9. The van der Waals surface area contributed by atoms with Gasteiger partial charge in [-0.25, -0.2) is 9.18 Å². The van der Waals surface area contributed by atoms with Crippen LogP contribution in [0.25, 0.3) is 0 Å². The predicted octanol–water partition coefficient (Wildman–Crippen LogP) is 2.02. The summed E-state index contributed by atoms with van der Waals surface area (Å²) >= 11 is 0. The fraction of sp³-hybridized carbons (Fsp3) is 0.526. The molecule has 0 saturated heterocycles. The molecule has 1 aromatic rings. The Hall–Kier alpha value is -2.44. The van der Waals surface area contributed by atoms with E-state index in [-0.39, 0.29) is 17.9 Å². The third kappa shape index (κ3) is 5.54. The highest BCUT2D eigenvalue weighted by atomic mass is 19.1. The minimum Gasteiger partial charge on any atom is -0.480 e. The van der Waals surface area contributed by atoms with Gasteiger partial charge in [0.05, 0.1) is 0 Å². The highest BCUT2D eigenvalue weighted by Gasteiger charge is 2.33. The van der Waals surface area contributed by atoms with Gasteiger partial charge in [-0.15, -0.1) is 0 Å². The van der Waals surface area contributed by atoms with Crippen molar-refractivity contribution in [2.24, 2.45) is 5.92 Å². The lowest BCUT2D eigenvalue weighted by Gasteiger charge is -2.29. The topological polar surface area (TPSA) is 95.5 Å². The van der Waals surface area contributed by atoms with Gasteiger partial charge in [-0.05, 0) is 30.4 Å². The Labute approximate surface area is 152 Å². The first kappa shape index (κ1) is 19.9. The Morgan fingerprint density at radius 3 is 2.38 bits per heavy atom. The number of carboxylic acids is 1. The SMILES string of the molecule is CC(=O)N[C@@H](Cc1ccccc1F)C(=O)N[C@H](C(=O)O)C1CCCCC1. The van der Waals surface area contributed by atoms with Crippen LogP contribution in [0.1, 0.15) is 44.6 Å². The fourth-order valence-electron chi connectivity index (χ4n) is 3.44. The maximum atomic E-state index is 13.9. The average molecular weight is 364 g/mol. The average Bonchev–Trinajstić information content (AvgIpc) is 2.60. The molecule has 0 aliphatic heterocycles. The van der Waals surface area contributed by atoms with E-state index in [0.29, 0.717) is 0 Å². The summed E-state index contributed by atoms with van der Waals surface area (Å²) in [6, 6.07) is 3.96. The van der Waals surface area contributed by atoms with Gasteiger partial charge in [-0.2, -0.15) is 0 Å². The van der Waals surface area contributed by atoms with Gasteiger partial charge in [0.2, 0.25) is 11.8 Å². The van der Waals surface area contributed by atoms with Crippen LogP contribution in [-0.4, -0.2) is 35.0 Å². The molecule has 0 unspecified atom stereocenters. The zero-order valence-electron chi connectivity index (χ0n) is 14.8. The molecule has 2 amide bonds. The molecule has 26 heavy (non-hydrogen) atoms. The van der Waals surface area contributed by atoms with Crippen molar-refractivity contribution in [2.45, 2.75) is 57.5 Å². The van der Waals surface area contributed by atoms with Crippen LogP contribution < -0.4 is 10.6 Å². The third-order valence-corrected chi connectivity index (χ3v) is 4.76. The normalized spacial score (nSPS) is 17.2. The number of carbonyl (C=O) groups excluding carboxylic acids is 2. The fourth-order valence-corrected chi connectivity index (χ4v) is 3.44. The molecular weight excluding hydrogens is 339 g/mol. The molecule has 0 bridgehead atoms. The summed E-state index contributed by atoms with van der Waals surface area (Å²) in [6.45, 7) is 1.26. The van der Waals surface area contributed by atoms with Crippen LogP contribution in [0.2, 0.25) is 0 Å². The van der Waals surface area contributed by atoms with Crippen molar-refractivity contribution in [1.82, 2.24) is 10.6 Å². The van der Waals surface area contributed by atoms with Gasteiger partial charge in [-0.3, -0.25) is 9.59 Å². The molecule has 3 N–H and O–H groups in total. The summed E-state index contributed by atoms with van der Waals surface area (Å²) in [6.07, 6.45) is 4.39. The van der Waals surface area contributed by atoms with E-state index in [1.54, 1.807) is 6.07 Å². The van der Waals surface area contributed by atoms with E-state index in [0.717, 1.165) is 32.1 Å². The molecule has 1 aromatic carbocycles. The number of carboxylic acid groups (broad SMARTS) is 1. The lowest BCUT2D eigenvalue weighted by atomic mass is 9.83. The smallest absolute Gasteiger partial charge is 0.326 e. The number of halogens is 1. The monoisotopic (exact) mass is 364 g/mol. The Kier molecular flexibility index (Phi) is 7.12. The van der Waals surface area contributed by atoms with Crippen molar-refractivity contribution in [3.8, 4) is 0 Å². The maximum Gasteiger partial charge on any atom is 0.326 e. The van der Waals surface area contributed by atoms with E-state index in [1.807, 2.05) is 0 Å². The summed E-state index contributed by atoms with van der Waals surface area (Å²) in [5.41, 5.74) is 0.283. The number of nitrogens with one attached hydrogen (secondary N) is 2. The van der Waals surface area contributed by atoms with Crippen LogP contribution in [0, 0.1) is 11.7 Å². The van der Waals surface area contributed by atoms with E-state index >= 15 is 0 Å². The van der Waals surface area contributed by atoms with E-state index in [2.05, 4.69) is 10.6 Å². The van der Waals surface area contributed by atoms with Gasteiger partial charge in [0, 0.05) is 13.3 Å². The zero-order chi connectivity index (χ0) is 19.1. The quantitative estimate of drug-likeness (QED) is 0.690. The summed E-state index contributed by atoms with van der Waals surface area (Å²) in [5.74, 6) is -2.74. The molecular formula is C19H25FN2O4. The Morgan fingerprint density at radius 1 is 1.15 bits per heavy atom.